The zero-order valence-electron chi connectivity index (χ0n) is 11.2. The van der Waals surface area contributed by atoms with Gasteiger partial charge in [-0.25, -0.2) is 0 Å². The van der Waals surface area contributed by atoms with Gasteiger partial charge in [0.25, 0.3) is 0 Å². The Kier molecular flexibility index (Phi) is 3.85. The summed E-state index contributed by atoms with van der Waals surface area (Å²) < 4.78 is 0. The van der Waals surface area contributed by atoms with Gasteiger partial charge in [-0.2, -0.15) is 0 Å². The average Bonchev–Trinajstić information content (AvgIpc) is 3.26. The molecule has 4 nitrogen and oxygen atoms in total. The molecule has 18 heavy (non-hydrogen) atoms. The minimum Gasteiger partial charge on any atom is -0.339 e. The fourth-order valence-electron chi connectivity index (χ4n) is 2.74. The Morgan fingerprint density at radius 1 is 1.06 bits per heavy atom. The molecular formula is C14H25N3O. The molecule has 3 aliphatic rings. The quantitative estimate of drug-likeness (QED) is 0.748. The van der Waals surface area contributed by atoms with Crippen molar-refractivity contribution in [2.45, 2.75) is 25.7 Å². The second kappa shape index (κ2) is 5.57. The smallest absolute Gasteiger partial charge is 0.236 e. The number of carbonyl (C=O) groups excluding carboxylic acids is 1. The molecule has 1 amide bonds. The maximum absolute atomic E-state index is 12.3. The van der Waals surface area contributed by atoms with E-state index in [1.165, 1.54) is 25.7 Å². The first-order valence-electron chi connectivity index (χ1n) is 7.52. The summed E-state index contributed by atoms with van der Waals surface area (Å²) >= 11 is 0. The van der Waals surface area contributed by atoms with Crippen LogP contribution in [0.25, 0.3) is 0 Å². The predicted molar refractivity (Wildman–Crippen MR) is 71.3 cm³/mol. The van der Waals surface area contributed by atoms with E-state index in [-0.39, 0.29) is 0 Å². The van der Waals surface area contributed by atoms with E-state index >= 15 is 0 Å². The van der Waals surface area contributed by atoms with E-state index in [4.69, 9.17) is 0 Å². The summed E-state index contributed by atoms with van der Waals surface area (Å²) in [4.78, 5) is 16.7. The van der Waals surface area contributed by atoms with Gasteiger partial charge >= 0.3 is 0 Å². The number of hydrogen-bond acceptors (Lipinski definition) is 3. The Morgan fingerprint density at radius 2 is 1.61 bits per heavy atom. The lowest BCUT2D eigenvalue weighted by atomic mass is 10.3. The minimum atomic E-state index is 0.345. The molecular weight excluding hydrogens is 226 g/mol. The Hall–Kier alpha value is -0.610. The van der Waals surface area contributed by atoms with Crippen molar-refractivity contribution in [3.05, 3.63) is 0 Å². The van der Waals surface area contributed by atoms with E-state index in [0.717, 1.165) is 51.1 Å². The first-order chi connectivity index (χ1) is 8.81. The summed E-state index contributed by atoms with van der Waals surface area (Å²) in [5.74, 6) is 2.12. The summed E-state index contributed by atoms with van der Waals surface area (Å²) in [5, 5.41) is 3.30. The standard InChI is InChI=1S/C14H25N3O/c18-14(17-7-5-15-6-8-17)11-16(9-12-1-2-12)10-13-3-4-13/h12-13,15H,1-11H2. The monoisotopic (exact) mass is 251 g/mol. The van der Waals surface area contributed by atoms with Gasteiger partial charge in [0.2, 0.25) is 5.91 Å². The third-order valence-electron chi connectivity index (χ3n) is 4.26. The van der Waals surface area contributed by atoms with Crippen molar-refractivity contribution in [1.29, 1.82) is 0 Å². The zero-order valence-corrected chi connectivity index (χ0v) is 11.2. The van der Waals surface area contributed by atoms with Gasteiger partial charge in [-0.15, -0.1) is 0 Å². The highest BCUT2D eigenvalue weighted by Crippen LogP contribution is 2.33. The van der Waals surface area contributed by atoms with Crippen molar-refractivity contribution in [3.63, 3.8) is 0 Å². The van der Waals surface area contributed by atoms with Crippen LogP contribution in [0.15, 0.2) is 0 Å². The Labute approximate surface area is 110 Å². The fourth-order valence-corrected chi connectivity index (χ4v) is 2.74. The maximum Gasteiger partial charge on any atom is 0.236 e. The lowest BCUT2D eigenvalue weighted by molar-refractivity contribution is -0.133. The number of piperazine rings is 1. The highest BCUT2D eigenvalue weighted by atomic mass is 16.2. The van der Waals surface area contributed by atoms with Crippen LogP contribution in [0.5, 0.6) is 0 Å². The van der Waals surface area contributed by atoms with Gasteiger partial charge in [-0.3, -0.25) is 9.69 Å². The van der Waals surface area contributed by atoms with Crippen LogP contribution in [-0.4, -0.2) is 61.5 Å². The summed E-state index contributed by atoms with van der Waals surface area (Å²) in [6.45, 7) is 6.67. The summed E-state index contributed by atoms with van der Waals surface area (Å²) in [7, 11) is 0. The first-order valence-corrected chi connectivity index (χ1v) is 7.52. The largest absolute Gasteiger partial charge is 0.339 e. The molecule has 3 rings (SSSR count). The molecule has 3 fully saturated rings. The summed E-state index contributed by atoms with van der Waals surface area (Å²) in [6.07, 6.45) is 5.51. The van der Waals surface area contributed by atoms with Gasteiger partial charge in [-0.05, 0) is 37.5 Å². The van der Waals surface area contributed by atoms with Crippen LogP contribution in [0.3, 0.4) is 0 Å². The third kappa shape index (κ3) is 3.69. The molecule has 1 saturated heterocycles. The first kappa shape index (κ1) is 12.4. The lowest BCUT2D eigenvalue weighted by Crippen LogP contribution is -2.50. The predicted octanol–water partition coefficient (Wildman–Crippen LogP) is 0.540. The minimum absolute atomic E-state index is 0.345. The highest BCUT2D eigenvalue weighted by Gasteiger charge is 2.30. The zero-order chi connectivity index (χ0) is 12.4. The average molecular weight is 251 g/mol. The number of amides is 1. The van der Waals surface area contributed by atoms with Gasteiger partial charge in [0.1, 0.15) is 0 Å². The molecule has 1 heterocycles. The molecule has 0 bridgehead atoms. The van der Waals surface area contributed by atoms with Gasteiger partial charge in [0.15, 0.2) is 0 Å². The molecule has 0 atom stereocenters. The molecule has 1 N–H and O–H groups in total. The third-order valence-corrected chi connectivity index (χ3v) is 4.26. The van der Waals surface area contributed by atoms with E-state index in [0.29, 0.717) is 12.5 Å². The van der Waals surface area contributed by atoms with Crippen LogP contribution in [0.4, 0.5) is 0 Å². The van der Waals surface area contributed by atoms with Crippen molar-refractivity contribution in [2.24, 2.45) is 11.8 Å². The molecule has 0 aromatic rings. The number of rotatable bonds is 6. The van der Waals surface area contributed by atoms with Crippen LogP contribution >= 0.6 is 0 Å². The molecule has 4 heteroatoms. The van der Waals surface area contributed by atoms with Crippen LogP contribution in [-0.2, 0) is 4.79 Å². The van der Waals surface area contributed by atoms with Crippen molar-refractivity contribution in [3.8, 4) is 0 Å². The highest BCUT2D eigenvalue weighted by molar-refractivity contribution is 5.78. The molecule has 0 radical (unpaired) electrons. The topological polar surface area (TPSA) is 35.6 Å². The Morgan fingerprint density at radius 3 is 2.11 bits per heavy atom. The summed E-state index contributed by atoms with van der Waals surface area (Å²) in [6, 6.07) is 0. The maximum atomic E-state index is 12.3. The molecule has 0 spiro atoms. The molecule has 2 aliphatic carbocycles. The Bertz CT molecular complexity index is 279. The molecule has 2 saturated carbocycles. The number of hydrogen-bond donors (Lipinski definition) is 1. The van der Waals surface area contributed by atoms with Crippen LogP contribution in [0, 0.1) is 11.8 Å². The number of carbonyl (C=O) groups is 1. The van der Waals surface area contributed by atoms with Crippen LogP contribution < -0.4 is 5.32 Å². The number of nitrogens with one attached hydrogen (secondary N) is 1. The number of nitrogens with zero attached hydrogens (tertiary/aromatic N) is 2. The SMILES string of the molecule is O=C(CN(CC1CC1)CC1CC1)N1CCNCC1. The van der Waals surface area contributed by atoms with Crippen LogP contribution in [0.1, 0.15) is 25.7 Å². The van der Waals surface area contributed by atoms with E-state index in [2.05, 4.69) is 10.2 Å². The lowest BCUT2D eigenvalue weighted by Gasteiger charge is -2.30. The second-order valence-corrected chi connectivity index (χ2v) is 6.21. The van der Waals surface area contributed by atoms with Gasteiger partial charge in [-0.1, -0.05) is 0 Å². The van der Waals surface area contributed by atoms with Gasteiger partial charge in [0, 0.05) is 39.3 Å². The molecule has 0 aromatic heterocycles. The van der Waals surface area contributed by atoms with E-state index in [1.54, 1.807) is 0 Å². The van der Waals surface area contributed by atoms with Crippen molar-refractivity contribution in [1.82, 2.24) is 15.1 Å². The van der Waals surface area contributed by atoms with Gasteiger partial charge < -0.3 is 10.2 Å². The van der Waals surface area contributed by atoms with Gasteiger partial charge in [0.05, 0.1) is 6.54 Å². The van der Waals surface area contributed by atoms with Crippen LogP contribution in [0.2, 0.25) is 0 Å². The fraction of sp³-hybridized carbons (Fsp3) is 0.929. The van der Waals surface area contributed by atoms with Crippen molar-refractivity contribution in [2.75, 3.05) is 45.8 Å². The van der Waals surface area contributed by atoms with E-state index in [9.17, 15) is 4.79 Å². The second-order valence-electron chi connectivity index (χ2n) is 6.21. The van der Waals surface area contributed by atoms with E-state index < -0.39 is 0 Å². The normalized spacial score (nSPS) is 24.6. The Balaban J connectivity index is 1.47. The molecule has 102 valence electrons. The van der Waals surface area contributed by atoms with Crippen molar-refractivity contribution >= 4 is 5.91 Å². The molecule has 0 aromatic carbocycles. The molecule has 1 aliphatic heterocycles. The van der Waals surface area contributed by atoms with Crippen molar-refractivity contribution < 1.29 is 4.79 Å². The summed E-state index contributed by atoms with van der Waals surface area (Å²) in [5.41, 5.74) is 0. The van der Waals surface area contributed by atoms with E-state index in [1.807, 2.05) is 4.90 Å². The molecule has 0 unspecified atom stereocenters.